The highest BCUT2D eigenvalue weighted by atomic mass is 32.1. The molecule has 0 spiro atoms. The van der Waals surface area contributed by atoms with Gasteiger partial charge in [-0.25, -0.2) is 0 Å². The van der Waals surface area contributed by atoms with Crippen LogP contribution in [0.2, 0.25) is 0 Å². The molecule has 0 atom stereocenters. The highest BCUT2D eigenvalue weighted by Crippen LogP contribution is 2.46. The van der Waals surface area contributed by atoms with Crippen LogP contribution in [0.4, 0.5) is 51.2 Å². The molecule has 0 aliphatic rings. The smallest absolute Gasteiger partial charge is 0.0640 e. The van der Waals surface area contributed by atoms with E-state index in [1.54, 1.807) is 0 Å². The number of anilines is 9. The average molecular weight is 686 g/mol. The van der Waals surface area contributed by atoms with Crippen LogP contribution in [0.15, 0.2) is 212 Å². The fourth-order valence-electron chi connectivity index (χ4n) is 7.06. The number of thiophene rings is 1. The van der Waals surface area contributed by atoms with Crippen molar-refractivity contribution >= 4 is 82.7 Å². The van der Waals surface area contributed by atoms with Crippen LogP contribution in [0.1, 0.15) is 0 Å². The molecule has 0 aliphatic heterocycles. The predicted octanol–water partition coefficient (Wildman–Crippen LogP) is 14.5. The Kier molecular flexibility index (Phi) is 8.41. The molecule has 9 rings (SSSR count). The van der Waals surface area contributed by atoms with Crippen LogP contribution in [0.5, 0.6) is 0 Å². The molecular weight excluding hydrogens is 651 g/mol. The second-order valence-corrected chi connectivity index (χ2v) is 13.7. The lowest BCUT2D eigenvalue weighted by Gasteiger charge is -2.30. The average Bonchev–Trinajstić information content (AvgIpc) is 3.60. The van der Waals surface area contributed by atoms with E-state index >= 15 is 0 Å². The molecule has 0 unspecified atom stereocenters. The van der Waals surface area contributed by atoms with Crippen molar-refractivity contribution in [1.29, 1.82) is 0 Å². The second-order valence-electron chi connectivity index (χ2n) is 12.6. The van der Waals surface area contributed by atoms with Gasteiger partial charge in [-0.3, -0.25) is 0 Å². The van der Waals surface area contributed by atoms with E-state index in [1.165, 1.54) is 25.9 Å². The van der Waals surface area contributed by atoms with Gasteiger partial charge in [0.05, 0.1) is 10.4 Å². The number of nitrogens with zero attached hydrogens (tertiary/aromatic N) is 3. The predicted molar refractivity (Wildman–Crippen MR) is 223 cm³/mol. The SMILES string of the molecule is c1ccc(N(c2ccccc2)c2cccc(N(c3ccccc3)c3ccc(N(c4ccccc4)c4cccc5c4sc4ccccc45)cc3)c2)cc1. The van der Waals surface area contributed by atoms with E-state index in [4.69, 9.17) is 0 Å². The van der Waals surface area contributed by atoms with Crippen molar-refractivity contribution in [2.24, 2.45) is 0 Å². The molecule has 248 valence electrons. The van der Waals surface area contributed by atoms with Crippen molar-refractivity contribution in [2.45, 2.75) is 0 Å². The van der Waals surface area contributed by atoms with Gasteiger partial charge >= 0.3 is 0 Å². The summed E-state index contributed by atoms with van der Waals surface area (Å²) in [6.45, 7) is 0. The number of hydrogen-bond acceptors (Lipinski definition) is 4. The van der Waals surface area contributed by atoms with E-state index in [0.29, 0.717) is 0 Å². The number of para-hydroxylation sites is 4. The van der Waals surface area contributed by atoms with Gasteiger partial charge in [-0.05, 0) is 103 Å². The molecular formula is C48H35N3S. The van der Waals surface area contributed by atoms with Gasteiger partial charge in [-0.15, -0.1) is 11.3 Å². The third-order valence-corrected chi connectivity index (χ3v) is 10.6. The van der Waals surface area contributed by atoms with E-state index < -0.39 is 0 Å². The monoisotopic (exact) mass is 685 g/mol. The van der Waals surface area contributed by atoms with Crippen LogP contribution >= 0.6 is 11.3 Å². The summed E-state index contributed by atoms with van der Waals surface area (Å²) in [5.74, 6) is 0. The fraction of sp³-hybridized carbons (Fsp3) is 0. The Balaban J connectivity index is 1.15. The first-order valence-electron chi connectivity index (χ1n) is 17.5. The lowest BCUT2D eigenvalue weighted by molar-refractivity contribution is 1.24. The van der Waals surface area contributed by atoms with Gasteiger partial charge in [0.1, 0.15) is 0 Å². The molecule has 1 aromatic heterocycles. The van der Waals surface area contributed by atoms with Crippen molar-refractivity contribution in [3.05, 3.63) is 212 Å². The summed E-state index contributed by atoms with van der Waals surface area (Å²) in [4.78, 5) is 7.02. The molecule has 0 bridgehead atoms. The minimum atomic E-state index is 1.07. The Morgan fingerprint density at radius 1 is 0.269 bits per heavy atom. The van der Waals surface area contributed by atoms with Gasteiger partial charge < -0.3 is 14.7 Å². The molecule has 4 heteroatoms. The Bertz CT molecular complexity index is 2530. The van der Waals surface area contributed by atoms with Crippen molar-refractivity contribution < 1.29 is 0 Å². The van der Waals surface area contributed by atoms with Crippen LogP contribution in [-0.2, 0) is 0 Å². The second kappa shape index (κ2) is 13.9. The highest BCUT2D eigenvalue weighted by molar-refractivity contribution is 7.26. The molecule has 8 aromatic carbocycles. The summed E-state index contributed by atoms with van der Waals surface area (Å²) in [5, 5.41) is 2.58. The summed E-state index contributed by atoms with van der Waals surface area (Å²) in [6.07, 6.45) is 0. The van der Waals surface area contributed by atoms with E-state index in [2.05, 4.69) is 227 Å². The van der Waals surface area contributed by atoms with E-state index in [-0.39, 0.29) is 0 Å². The van der Waals surface area contributed by atoms with E-state index in [1.807, 2.05) is 11.3 Å². The molecule has 1 heterocycles. The molecule has 0 saturated carbocycles. The molecule has 9 aromatic rings. The van der Waals surface area contributed by atoms with Crippen molar-refractivity contribution in [3.63, 3.8) is 0 Å². The van der Waals surface area contributed by atoms with Gasteiger partial charge in [-0.1, -0.05) is 109 Å². The zero-order valence-corrected chi connectivity index (χ0v) is 29.3. The minimum Gasteiger partial charge on any atom is -0.310 e. The lowest BCUT2D eigenvalue weighted by Crippen LogP contribution is -2.13. The van der Waals surface area contributed by atoms with E-state index in [0.717, 1.165) is 45.5 Å². The van der Waals surface area contributed by atoms with Gasteiger partial charge in [0, 0.05) is 61.0 Å². The standard InChI is InChI=1S/C48H35N3S/c1-5-17-36(18-6-1)49(37-19-7-2-8-20-37)42-25-15-26-43(35-42)50(38-21-9-3-10-22-38)40-31-33-41(34-32-40)51(39-23-11-4-12-24-39)46-29-16-28-45-44-27-13-14-30-47(44)52-48(45)46/h1-35H. The van der Waals surface area contributed by atoms with Crippen molar-refractivity contribution in [3.8, 4) is 0 Å². The topological polar surface area (TPSA) is 9.72 Å². The van der Waals surface area contributed by atoms with Gasteiger partial charge in [0.25, 0.3) is 0 Å². The van der Waals surface area contributed by atoms with Crippen molar-refractivity contribution in [2.75, 3.05) is 14.7 Å². The Hall–Kier alpha value is -6.62. The maximum atomic E-state index is 2.38. The normalized spacial score (nSPS) is 11.1. The molecule has 0 saturated heterocycles. The minimum absolute atomic E-state index is 1.07. The number of benzene rings is 8. The molecule has 0 radical (unpaired) electrons. The summed E-state index contributed by atoms with van der Waals surface area (Å²) >= 11 is 1.85. The number of hydrogen-bond donors (Lipinski definition) is 0. The van der Waals surface area contributed by atoms with E-state index in [9.17, 15) is 0 Å². The highest BCUT2D eigenvalue weighted by Gasteiger charge is 2.20. The van der Waals surface area contributed by atoms with Gasteiger partial charge in [-0.2, -0.15) is 0 Å². The summed E-state index contributed by atoms with van der Waals surface area (Å²) in [5.41, 5.74) is 9.93. The third kappa shape index (κ3) is 5.96. The Labute approximate surface area is 308 Å². The summed E-state index contributed by atoms with van der Waals surface area (Å²) in [6, 6.07) is 75.5. The molecule has 0 amide bonds. The summed E-state index contributed by atoms with van der Waals surface area (Å²) < 4.78 is 2.58. The molecule has 3 nitrogen and oxygen atoms in total. The summed E-state index contributed by atoms with van der Waals surface area (Å²) in [7, 11) is 0. The van der Waals surface area contributed by atoms with Crippen LogP contribution in [0.25, 0.3) is 20.2 Å². The Morgan fingerprint density at radius 3 is 1.15 bits per heavy atom. The van der Waals surface area contributed by atoms with Crippen molar-refractivity contribution in [1.82, 2.24) is 0 Å². The molecule has 0 fully saturated rings. The zero-order valence-electron chi connectivity index (χ0n) is 28.5. The molecule has 0 N–H and O–H groups in total. The molecule has 52 heavy (non-hydrogen) atoms. The first-order valence-corrected chi connectivity index (χ1v) is 18.3. The fourth-order valence-corrected chi connectivity index (χ4v) is 8.27. The quantitative estimate of drug-likeness (QED) is 0.150. The largest absolute Gasteiger partial charge is 0.310 e. The maximum Gasteiger partial charge on any atom is 0.0640 e. The van der Waals surface area contributed by atoms with Crippen LogP contribution in [-0.4, -0.2) is 0 Å². The lowest BCUT2D eigenvalue weighted by atomic mass is 10.1. The third-order valence-electron chi connectivity index (χ3n) is 9.39. The maximum absolute atomic E-state index is 2.38. The van der Waals surface area contributed by atoms with Gasteiger partial charge in [0.2, 0.25) is 0 Å². The number of fused-ring (bicyclic) bond motifs is 3. The molecule has 0 aliphatic carbocycles. The van der Waals surface area contributed by atoms with Crippen LogP contribution in [0.3, 0.4) is 0 Å². The van der Waals surface area contributed by atoms with Gasteiger partial charge in [0.15, 0.2) is 0 Å². The van der Waals surface area contributed by atoms with Crippen LogP contribution in [0, 0.1) is 0 Å². The first-order chi connectivity index (χ1) is 25.8. The Morgan fingerprint density at radius 2 is 0.635 bits per heavy atom. The number of rotatable bonds is 9. The zero-order chi connectivity index (χ0) is 34.7. The first kappa shape index (κ1) is 31.4. The van der Waals surface area contributed by atoms with Crippen LogP contribution < -0.4 is 14.7 Å².